The van der Waals surface area contributed by atoms with Crippen molar-refractivity contribution < 1.29 is 13.6 Å². The van der Waals surface area contributed by atoms with Gasteiger partial charge in [-0.05, 0) is 19.3 Å². The van der Waals surface area contributed by atoms with Gasteiger partial charge in [0.1, 0.15) is 0 Å². The average Bonchev–Trinajstić information content (AvgIpc) is 3.02. The Labute approximate surface area is 131 Å². The fraction of sp³-hybridized carbons (Fsp3) is 0.533. The summed E-state index contributed by atoms with van der Waals surface area (Å²) in [6.07, 6.45) is 3.11. The predicted octanol–water partition coefficient (Wildman–Crippen LogP) is 2.02. The number of aromatic nitrogens is 4. The molecule has 0 bridgehead atoms. The molecule has 2 aliphatic rings. The predicted molar refractivity (Wildman–Crippen MR) is 77.9 cm³/mol. The highest BCUT2D eigenvalue weighted by atomic mass is 19.3. The zero-order chi connectivity index (χ0) is 16.2. The minimum atomic E-state index is -2.36. The zero-order valence-electron chi connectivity index (χ0n) is 12.7. The Morgan fingerprint density at radius 3 is 3.00 bits per heavy atom. The number of nitrogens with one attached hydrogen (secondary N) is 1. The highest BCUT2D eigenvalue weighted by molar-refractivity contribution is 6.00. The molecule has 4 rings (SSSR count). The van der Waals surface area contributed by atoms with E-state index in [4.69, 9.17) is 0 Å². The molecule has 2 aromatic heterocycles. The molecule has 2 fully saturated rings. The first-order valence-electron chi connectivity index (χ1n) is 7.69. The molecule has 1 aliphatic heterocycles. The maximum absolute atomic E-state index is 13.2. The smallest absolute Gasteiger partial charge is 0.257 e. The lowest BCUT2D eigenvalue weighted by atomic mass is 10.1. The van der Waals surface area contributed by atoms with Gasteiger partial charge >= 0.3 is 0 Å². The van der Waals surface area contributed by atoms with Crippen molar-refractivity contribution in [3.8, 4) is 11.3 Å². The number of aromatic amines is 1. The highest BCUT2D eigenvalue weighted by Gasteiger charge is 2.66. The zero-order valence-corrected chi connectivity index (χ0v) is 12.7. The number of hydrogen-bond donors (Lipinski definition) is 1. The van der Waals surface area contributed by atoms with Crippen LogP contribution in [-0.4, -0.2) is 50.3 Å². The molecule has 23 heavy (non-hydrogen) atoms. The van der Waals surface area contributed by atoms with Gasteiger partial charge in [-0.3, -0.25) is 14.6 Å². The lowest BCUT2D eigenvalue weighted by Gasteiger charge is -2.20. The van der Waals surface area contributed by atoms with Crippen molar-refractivity contribution in [3.05, 3.63) is 24.2 Å². The molecular weight excluding hydrogens is 304 g/mol. The van der Waals surface area contributed by atoms with Crippen molar-refractivity contribution in [2.45, 2.75) is 26.3 Å². The fourth-order valence-electron chi connectivity index (χ4n) is 3.52. The third-order valence-corrected chi connectivity index (χ3v) is 5.04. The van der Waals surface area contributed by atoms with Gasteiger partial charge in [-0.1, -0.05) is 0 Å². The monoisotopic (exact) mass is 321 g/mol. The van der Waals surface area contributed by atoms with Crippen LogP contribution in [0.3, 0.4) is 0 Å². The minimum absolute atomic E-state index is 0.0651. The van der Waals surface area contributed by atoms with E-state index in [0.29, 0.717) is 24.2 Å². The summed E-state index contributed by atoms with van der Waals surface area (Å²) < 4.78 is 28.1. The van der Waals surface area contributed by atoms with Crippen LogP contribution < -0.4 is 0 Å². The Morgan fingerprint density at radius 2 is 2.35 bits per heavy atom. The van der Waals surface area contributed by atoms with Crippen molar-refractivity contribution >= 4 is 5.91 Å². The summed E-state index contributed by atoms with van der Waals surface area (Å²) in [5.74, 6) is -0.310. The van der Waals surface area contributed by atoms with Gasteiger partial charge in [-0.25, -0.2) is 8.78 Å². The van der Waals surface area contributed by atoms with Crippen molar-refractivity contribution in [2.24, 2.45) is 11.3 Å². The van der Waals surface area contributed by atoms with Gasteiger partial charge in [0, 0.05) is 31.4 Å². The van der Waals surface area contributed by atoms with Crippen LogP contribution in [0, 0.1) is 11.3 Å². The number of H-pyrrole nitrogens is 1. The summed E-state index contributed by atoms with van der Waals surface area (Å²) in [6, 6.07) is 0. The molecule has 0 radical (unpaired) electrons. The van der Waals surface area contributed by atoms with Crippen LogP contribution in [0.4, 0.5) is 8.78 Å². The third-order valence-electron chi connectivity index (χ3n) is 5.04. The van der Waals surface area contributed by atoms with E-state index in [1.54, 1.807) is 10.9 Å². The van der Waals surface area contributed by atoms with E-state index < -0.39 is 11.8 Å². The fourth-order valence-corrected chi connectivity index (χ4v) is 3.52. The second-order valence-electron chi connectivity index (χ2n) is 6.36. The Hall–Kier alpha value is -2.25. The highest BCUT2D eigenvalue weighted by Crippen LogP contribution is 2.61. The largest absolute Gasteiger partial charge is 0.337 e. The number of likely N-dealkylation sites (tertiary alicyclic amines) is 1. The Kier molecular flexibility index (Phi) is 3.04. The van der Waals surface area contributed by atoms with Crippen LogP contribution in [0.2, 0.25) is 0 Å². The lowest BCUT2D eigenvalue weighted by molar-refractivity contribution is 0.0488. The van der Waals surface area contributed by atoms with E-state index in [-0.39, 0.29) is 18.4 Å². The molecule has 1 N–H and O–H groups in total. The third kappa shape index (κ3) is 2.08. The molecule has 1 saturated heterocycles. The Bertz CT molecular complexity index is 755. The first kappa shape index (κ1) is 14.3. The molecule has 8 heteroatoms. The number of aryl methyl sites for hydroxylation is 1. The topological polar surface area (TPSA) is 66.8 Å². The van der Waals surface area contributed by atoms with Crippen LogP contribution in [0.25, 0.3) is 11.3 Å². The summed E-state index contributed by atoms with van der Waals surface area (Å²) in [5.41, 5.74) is 0.792. The molecular formula is C15H17F2N5O. The molecule has 0 aromatic carbocycles. The summed E-state index contributed by atoms with van der Waals surface area (Å²) >= 11 is 0. The molecule has 122 valence electrons. The molecule has 0 spiro atoms. The Balaban J connectivity index is 1.58. The van der Waals surface area contributed by atoms with E-state index in [9.17, 15) is 13.6 Å². The molecule has 6 nitrogen and oxygen atoms in total. The number of rotatable bonds is 4. The van der Waals surface area contributed by atoms with Gasteiger partial charge in [-0.2, -0.15) is 10.2 Å². The summed E-state index contributed by atoms with van der Waals surface area (Å²) in [7, 11) is 0. The van der Waals surface area contributed by atoms with Gasteiger partial charge in [-0.15, -0.1) is 0 Å². The van der Waals surface area contributed by atoms with Crippen LogP contribution >= 0.6 is 0 Å². The SMILES string of the molecule is CCn1cc(-c2[nH]ncc2C(=O)N2CC3CC3(C(F)F)C2)cn1. The van der Waals surface area contributed by atoms with E-state index >= 15 is 0 Å². The maximum atomic E-state index is 13.2. The van der Waals surface area contributed by atoms with Crippen molar-refractivity contribution in [1.29, 1.82) is 0 Å². The van der Waals surface area contributed by atoms with Crippen LogP contribution in [0.1, 0.15) is 23.7 Å². The van der Waals surface area contributed by atoms with Crippen LogP contribution in [0.5, 0.6) is 0 Å². The molecule has 1 amide bonds. The minimum Gasteiger partial charge on any atom is -0.337 e. The molecule has 2 aromatic rings. The van der Waals surface area contributed by atoms with Gasteiger partial charge in [0.15, 0.2) is 0 Å². The number of amides is 1. The van der Waals surface area contributed by atoms with Crippen molar-refractivity contribution in [2.75, 3.05) is 13.1 Å². The second-order valence-corrected chi connectivity index (χ2v) is 6.36. The van der Waals surface area contributed by atoms with E-state index in [0.717, 1.165) is 12.1 Å². The number of piperidine rings is 1. The normalized spacial score (nSPS) is 25.9. The van der Waals surface area contributed by atoms with Crippen LogP contribution in [-0.2, 0) is 6.54 Å². The number of carbonyl (C=O) groups excluding carboxylic acids is 1. The van der Waals surface area contributed by atoms with Gasteiger partial charge in [0.25, 0.3) is 5.91 Å². The second kappa shape index (κ2) is 4.87. The van der Waals surface area contributed by atoms with Gasteiger partial charge in [0.05, 0.1) is 29.1 Å². The Morgan fingerprint density at radius 1 is 1.52 bits per heavy atom. The summed E-state index contributed by atoms with van der Waals surface area (Å²) in [5, 5.41) is 11.0. The van der Waals surface area contributed by atoms with E-state index in [2.05, 4.69) is 15.3 Å². The molecule has 1 saturated carbocycles. The van der Waals surface area contributed by atoms with Crippen molar-refractivity contribution in [1.82, 2.24) is 24.9 Å². The molecule has 3 heterocycles. The number of fused-ring (bicyclic) bond motifs is 1. The average molecular weight is 321 g/mol. The number of carbonyl (C=O) groups is 1. The maximum Gasteiger partial charge on any atom is 0.257 e. The summed E-state index contributed by atoms with van der Waals surface area (Å²) in [6.45, 7) is 3.23. The molecule has 2 unspecified atom stereocenters. The van der Waals surface area contributed by atoms with Crippen molar-refractivity contribution in [3.63, 3.8) is 0 Å². The number of hydrogen-bond acceptors (Lipinski definition) is 3. The lowest BCUT2D eigenvalue weighted by Crippen LogP contribution is -2.33. The molecule has 2 atom stereocenters. The van der Waals surface area contributed by atoms with Gasteiger partial charge in [0.2, 0.25) is 6.43 Å². The van der Waals surface area contributed by atoms with E-state index in [1.807, 2.05) is 13.1 Å². The van der Waals surface area contributed by atoms with E-state index in [1.165, 1.54) is 11.1 Å². The number of nitrogens with zero attached hydrogens (tertiary/aromatic N) is 4. The van der Waals surface area contributed by atoms with Gasteiger partial charge < -0.3 is 4.90 Å². The first-order chi connectivity index (χ1) is 11.0. The first-order valence-corrected chi connectivity index (χ1v) is 7.69. The standard InChI is InChI=1S/C15H17F2N5O/c1-2-22-6-9(4-19-22)12-11(5-18-20-12)13(23)21-7-10-3-15(10,8-21)14(16)17/h4-6,10,14H,2-3,7-8H2,1H3,(H,18,20). The quantitative estimate of drug-likeness (QED) is 0.937. The number of alkyl halides is 2. The number of halogens is 2. The van der Waals surface area contributed by atoms with Crippen LogP contribution in [0.15, 0.2) is 18.6 Å². The summed E-state index contributed by atoms with van der Waals surface area (Å²) in [4.78, 5) is 14.2. The molecule has 1 aliphatic carbocycles.